The van der Waals surface area contributed by atoms with Crippen LogP contribution in [0.3, 0.4) is 0 Å². The van der Waals surface area contributed by atoms with Crippen molar-refractivity contribution in [1.29, 1.82) is 0 Å². The van der Waals surface area contributed by atoms with Gasteiger partial charge in [-0.05, 0) is 36.6 Å². The third kappa shape index (κ3) is 6.16. The zero-order valence-electron chi connectivity index (χ0n) is 14.8. The van der Waals surface area contributed by atoms with Crippen molar-refractivity contribution in [1.82, 2.24) is 5.32 Å². The summed E-state index contributed by atoms with van der Waals surface area (Å²) in [4.78, 5) is 0. The number of halogens is 1. The first-order valence-electron chi connectivity index (χ1n) is 9.50. The van der Waals surface area contributed by atoms with Gasteiger partial charge in [0, 0.05) is 22.6 Å². The summed E-state index contributed by atoms with van der Waals surface area (Å²) in [5, 5.41) is 3.77. The number of ether oxygens (including phenoxy) is 1. The van der Waals surface area contributed by atoms with Crippen LogP contribution in [0.4, 0.5) is 0 Å². The standard InChI is InChI=1S/C22H28BrNO/c23-20-13-14-22(25-17-18-9-5-4-6-10-18)19(15-20)16-24-21-11-7-2-1-3-8-12-21/h4-6,9-10,13-15,21,24H,1-3,7-8,11-12,16-17H2. The first-order valence-corrected chi connectivity index (χ1v) is 10.3. The molecule has 0 unspecified atom stereocenters. The maximum atomic E-state index is 6.10. The van der Waals surface area contributed by atoms with Crippen LogP contribution in [0.15, 0.2) is 53.0 Å². The Morgan fingerprint density at radius 1 is 0.920 bits per heavy atom. The number of nitrogens with one attached hydrogen (secondary N) is 1. The van der Waals surface area contributed by atoms with Crippen LogP contribution >= 0.6 is 15.9 Å². The lowest BCUT2D eigenvalue weighted by molar-refractivity contribution is 0.300. The van der Waals surface area contributed by atoms with Crippen molar-refractivity contribution in [2.45, 2.75) is 64.1 Å². The second-order valence-electron chi connectivity index (χ2n) is 6.95. The summed E-state index contributed by atoms with van der Waals surface area (Å²) in [5.74, 6) is 0.977. The zero-order valence-corrected chi connectivity index (χ0v) is 16.4. The van der Waals surface area contributed by atoms with Gasteiger partial charge >= 0.3 is 0 Å². The second kappa shape index (κ2) is 9.98. The van der Waals surface area contributed by atoms with Crippen molar-refractivity contribution < 1.29 is 4.74 Å². The molecule has 25 heavy (non-hydrogen) atoms. The van der Waals surface area contributed by atoms with E-state index in [9.17, 15) is 0 Å². The van der Waals surface area contributed by atoms with Gasteiger partial charge in [-0.1, -0.05) is 78.4 Å². The summed E-state index contributed by atoms with van der Waals surface area (Å²) in [7, 11) is 0. The molecule has 134 valence electrons. The van der Waals surface area contributed by atoms with E-state index in [2.05, 4.69) is 63.7 Å². The highest BCUT2D eigenvalue weighted by Crippen LogP contribution is 2.25. The summed E-state index contributed by atoms with van der Waals surface area (Å²) in [6.07, 6.45) is 9.50. The van der Waals surface area contributed by atoms with E-state index in [4.69, 9.17) is 4.74 Å². The Balaban J connectivity index is 1.60. The predicted molar refractivity (Wildman–Crippen MR) is 108 cm³/mol. The first kappa shape index (κ1) is 18.5. The van der Waals surface area contributed by atoms with Crippen LogP contribution in [-0.4, -0.2) is 6.04 Å². The molecule has 0 saturated heterocycles. The van der Waals surface area contributed by atoms with Gasteiger partial charge in [0.05, 0.1) is 0 Å². The molecule has 0 aromatic heterocycles. The minimum absolute atomic E-state index is 0.610. The fourth-order valence-electron chi connectivity index (χ4n) is 3.48. The number of hydrogen-bond acceptors (Lipinski definition) is 2. The normalized spacial score (nSPS) is 16.2. The Kier molecular flexibility index (Phi) is 7.37. The third-order valence-electron chi connectivity index (χ3n) is 4.95. The summed E-state index contributed by atoms with van der Waals surface area (Å²) in [6.45, 7) is 1.48. The minimum atomic E-state index is 0.610. The van der Waals surface area contributed by atoms with Crippen LogP contribution in [0.1, 0.15) is 56.1 Å². The molecule has 0 spiro atoms. The van der Waals surface area contributed by atoms with Crippen LogP contribution in [0.5, 0.6) is 5.75 Å². The number of hydrogen-bond donors (Lipinski definition) is 1. The molecule has 1 saturated carbocycles. The molecule has 1 aliphatic rings. The molecule has 0 aliphatic heterocycles. The first-order chi connectivity index (χ1) is 12.3. The summed E-state index contributed by atoms with van der Waals surface area (Å²) in [6, 6.07) is 17.3. The molecular weight excluding hydrogens is 374 g/mol. The molecule has 0 radical (unpaired) electrons. The molecule has 2 aromatic carbocycles. The van der Waals surface area contributed by atoms with Gasteiger partial charge in [0.2, 0.25) is 0 Å². The van der Waals surface area contributed by atoms with Crippen molar-refractivity contribution >= 4 is 15.9 Å². The minimum Gasteiger partial charge on any atom is -0.489 e. The molecule has 2 nitrogen and oxygen atoms in total. The van der Waals surface area contributed by atoms with E-state index in [1.54, 1.807) is 0 Å². The quantitative estimate of drug-likeness (QED) is 0.618. The topological polar surface area (TPSA) is 21.3 Å². The van der Waals surface area contributed by atoms with E-state index in [0.717, 1.165) is 16.8 Å². The Hall–Kier alpha value is -1.32. The highest BCUT2D eigenvalue weighted by molar-refractivity contribution is 9.10. The Bertz CT molecular complexity index is 636. The monoisotopic (exact) mass is 401 g/mol. The molecule has 1 aliphatic carbocycles. The number of rotatable bonds is 6. The van der Waals surface area contributed by atoms with Gasteiger partial charge in [0.25, 0.3) is 0 Å². The van der Waals surface area contributed by atoms with Gasteiger partial charge in [-0.15, -0.1) is 0 Å². The van der Waals surface area contributed by atoms with Gasteiger partial charge in [0.1, 0.15) is 12.4 Å². The van der Waals surface area contributed by atoms with E-state index in [-0.39, 0.29) is 0 Å². The molecule has 0 amide bonds. The lowest BCUT2D eigenvalue weighted by atomic mass is 9.96. The van der Waals surface area contributed by atoms with Crippen molar-refractivity contribution in [2.75, 3.05) is 0 Å². The lowest BCUT2D eigenvalue weighted by Gasteiger charge is -2.22. The summed E-state index contributed by atoms with van der Waals surface area (Å²) in [5.41, 5.74) is 2.43. The van der Waals surface area contributed by atoms with E-state index >= 15 is 0 Å². The molecule has 0 bridgehead atoms. The zero-order chi connectivity index (χ0) is 17.3. The van der Waals surface area contributed by atoms with Crippen molar-refractivity contribution in [3.8, 4) is 5.75 Å². The van der Waals surface area contributed by atoms with Crippen molar-refractivity contribution in [3.05, 3.63) is 64.1 Å². The van der Waals surface area contributed by atoms with E-state index in [0.29, 0.717) is 12.6 Å². The number of benzene rings is 2. The van der Waals surface area contributed by atoms with Crippen LogP contribution < -0.4 is 10.1 Å². The molecule has 2 aromatic rings. The predicted octanol–water partition coefficient (Wildman–Crippen LogP) is 6.23. The fourth-order valence-corrected chi connectivity index (χ4v) is 3.89. The lowest BCUT2D eigenvalue weighted by Crippen LogP contribution is -2.29. The molecule has 1 fully saturated rings. The fraction of sp³-hybridized carbons (Fsp3) is 0.455. The average molecular weight is 402 g/mol. The summed E-state index contributed by atoms with van der Waals surface area (Å²) < 4.78 is 7.21. The smallest absolute Gasteiger partial charge is 0.124 e. The van der Waals surface area contributed by atoms with Crippen LogP contribution in [-0.2, 0) is 13.2 Å². The van der Waals surface area contributed by atoms with Gasteiger partial charge in [-0.3, -0.25) is 0 Å². The SMILES string of the molecule is Brc1ccc(OCc2ccccc2)c(CNC2CCCCCCC2)c1. The molecule has 3 rings (SSSR count). The van der Waals surface area contributed by atoms with Crippen LogP contribution in [0.25, 0.3) is 0 Å². The molecule has 3 heteroatoms. The van der Waals surface area contributed by atoms with E-state index in [1.807, 2.05) is 6.07 Å². The van der Waals surface area contributed by atoms with Crippen molar-refractivity contribution in [2.24, 2.45) is 0 Å². The Labute approximate surface area is 160 Å². The Morgan fingerprint density at radius 3 is 2.40 bits per heavy atom. The van der Waals surface area contributed by atoms with Gasteiger partial charge in [-0.25, -0.2) is 0 Å². The maximum Gasteiger partial charge on any atom is 0.124 e. The highest BCUT2D eigenvalue weighted by atomic mass is 79.9. The highest BCUT2D eigenvalue weighted by Gasteiger charge is 2.12. The second-order valence-corrected chi connectivity index (χ2v) is 7.86. The van der Waals surface area contributed by atoms with Crippen molar-refractivity contribution in [3.63, 3.8) is 0 Å². The third-order valence-corrected chi connectivity index (χ3v) is 5.44. The van der Waals surface area contributed by atoms with Gasteiger partial charge in [0.15, 0.2) is 0 Å². The molecular formula is C22H28BrNO. The van der Waals surface area contributed by atoms with Crippen LogP contribution in [0.2, 0.25) is 0 Å². The van der Waals surface area contributed by atoms with E-state index in [1.165, 1.54) is 56.1 Å². The Morgan fingerprint density at radius 2 is 1.64 bits per heavy atom. The molecule has 0 heterocycles. The average Bonchev–Trinajstić information content (AvgIpc) is 2.61. The van der Waals surface area contributed by atoms with Crippen LogP contribution in [0, 0.1) is 0 Å². The molecule has 0 atom stereocenters. The largest absolute Gasteiger partial charge is 0.489 e. The van der Waals surface area contributed by atoms with Gasteiger partial charge < -0.3 is 10.1 Å². The summed E-state index contributed by atoms with van der Waals surface area (Å²) >= 11 is 3.60. The molecule has 1 N–H and O–H groups in total. The maximum absolute atomic E-state index is 6.10. The van der Waals surface area contributed by atoms with E-state index < -0.39 is 0 Å². The van der Waals surface area contributed by atoms with Gasteiger partial charge in [-0.2, -0.15) is 0 Å².